The van der Waals surface area contributed by atoms with Crippen molar-refractivity contribution in [3.8, 4) is 0 Å². The average Bonchev–Trinajstić information content (AvgIpc) is 3.37. The zero-order chi connectivity index (χ0) is 26.2. The van der Waals surface area contributed by atoms with Gasteiger partial charge < -0.3 is 9.84 Å². The monoisotopic (exact) mass is 529 g/mol. The Bertz CT molecular complexity index is 1510. The molecule has 0 radical (unpaired) electrons. The topological polar surface area (TPSA) is 157 Å². The first-order valence-electron chi connectivity index (χ1n) is 10.5. The summed E-state index contributed by atoms with van der Waals surface area (Å²) in [6.07, 6.45) is 0. The zero-order valence-electron chi connectivity index (χ0n) is 18.9. The van der Waals surface area contributed by atoms with E-state index in [4.69, 9.17) is 4.74 Å². The van der Waals surface area contributed by atoms with Crippen LogP contribution in [0.5, 0.6) is 0 Å². The van der Waals surface area contributed by atoms with Crippen LogP contribution in [0.25, 0.3) is 0 Å². The first-order chi connectivity index (χ1) is 17.1. The summed E-state index contributed by atoms with van der Waals surface area (Å²) in [6, 6.07) is 10.8. The molecular weight excluding hydrogens is 510 g/mol. The van der Waals surface area contributed by atoms with Crippen LogP contribution in [0.2, 0.25) is 0 Å². The number of ether oxygens (including phenoxy) is 1. The fourth-order valence-corrected chi connectivity index (χ4v) is 6.40. The van der Waals surface area contributed by atoms with E-state index in [1.54, 1.807) is 13.0 Å². The number of sulfone groups is 1. The summed E-state index contributed by atoms with van der Waals surface area (Å²) in [5.41, 5.74) is -0.0511. The van der Waals surface area contributed by atoms with E-state index in [0.29, 0.717) is 0 Å². The molecule has 0 saturated carbocycles. The minimum atomic E-state index is -4.44. The Morgan fingerprint density at radius 2 is 1.92 bits per heavy atom. The summed E-state index contributed by atoms with van der Waals surface area (Å²) < 4.78 is 32.2. The number of aliphatic hydroxyl groups is 1. The molecule has 0 bridgehead atoms. The number of benzene rings is 2. The SMILES string of the molecule is CCOC(=O)c1sc(N2C(=O)C(O)=C(S(=O)(=O)c3ccccc3)C2c2cccc([N+](=O)[O-])c2)nc1C. The largest absolute Gasteiger partial charge is 0.502 e. The minimum Gasteiger partial charge on any atom is -0.502 e. The van der Waals surface area contributed by atoms with Gasteiger partial charge in [0.15, 0.2) is 10.9 Å². The van der Waals surface area contributed by atoms with E-state index >= 15 is 0 Å². The molecule has 1 amide bonds. The van der Waals surface area contributed by atoms with Crippen LogP contribution in [-0.4, -0.2) is 41.9 Å². The third kappa shape index (κ3) is 4.22. The van der Waals surface area contributed by atoms with Crippen molar-refractivity contribution < 1.29 is 32.8 Å². The van der Waals surface area contributed by atoms with Crippen LogP contribution in [0.3, 0.4) is 0 Å². The van der Waals surface area contributed by atoms with Gasteiger partial charge in [-0.1, -0.05) is 41.7 Å². The highest BCUT2D eigenvalue weighted by molar-refractivity contribution is 7.95. The number of non-ortho nitro benzene ring substituents is 1. The summed E-state index contributed by atoms with van der Waals surface area (Å²) in [5.74, 6) is -2.79. The maximum atomic E-state index is 13.6. The Morgan fingerprint density at radius 3 is 2.56 bits per heavy atom. The Morgan fingerprint density at radius 1 is 1.22 bits per heavy atom. The maximum absolute atomic E-state index is 13.6. The van der Waals surface area contributed by atoms with Crippen LogP contribution in [0.15, 0.2) is 70.2 Å². The van der Waals surface area contributed by atoms with Gasteiger partial charge >= 0.3 is 5.97 Å². The highest BCUT2D eigenvalue weighted by atomic mass is 32.2. The summed E-state index contributed by atoms with van der Waals surface area (Å²) in [5, 5.41) is 22.2. The third-order valence-electron chi connectivity index (χ3n) is 5.35. The van der Waals surface area contributed by atoms with Gasteiger partial charge in [-0.3, -0.25) is 19.8 Å². The standard InChI is InChI=1S/C23H19N3O8S2/c1-3-34-22(29)19-13(2)24-23(35-19)25-17(14-8-7-9-15(12-14)26(30)31)20(18(27)21(25)28)36(32,33)16-10-5-4-6-11-16/h4-12,17,27H,3H2,1-2H3. The van der Waals surface area contributed by atoms with Crippen molar-refractivity contribution in [2.75, 3.05) is 11.5 Å². The van der Waals surface area contributed by atoms with Crippen molar-refractivity contribution in [2.24, 2.45) is 0 Å². The second-order valence-corrected chi connectivity index (χ2v) is 10.5. The molecule has 186 valence electrons. The van der Waals surface area contributed by atoms with Crippen molar-refractivity contribution in [2.45, 2.75) is 24.8 Å². The molecule has 3 aromatic rings. The van der Waals surface area contributed by atoms with Crippen molar-refractivity contribution in [3.63, 3.8) is 0 Å². The van der Waals surface area contributed by atoms with Gasteiger partial charge in [0.05, 0.1) is 22.1 Å². The summed E-state index contributed by atoms with van der Waals surface area (Å²) in [7, 11) is -4.44. The number of amides is 1. The number of hydrogen-bond acceptors (Lipinski definition) is 10. The van der Waals surface area contributed by atoms with Crippen molar-refractivity contribution in [3.05, 3.63) is 91.5 Å². The number of hydrogen-bond donors (Lipinski definition) is 1. The quantitative estimate of drug-likeness (QED) is 0.272. The fourth-order valence-electron chi connectivity index (χ4n) is 3.76. The molecular formula is C23H19N3O8S2. The molecule has 0 aliphatic carbocycles. The number of carbonyl (C=O) groups is 2. The molecule has 1 atom stereocenters. The van der Waals surface area contributed by atoms with Crippen LogP contribution in [-0.2, 0) is 19.4 Å². The molecule has 1 N–H and O–H groups in total. The fraction of sp³-hybridized carbons (Fsp3) is 0.174. The number of nitro groups is 1. The Balaban J connectivity index is 1.94. The molecule has 36 heavy (non-hydrogen) atoms. The lowest BCUT2D eigenvalue weighted by Gasteiger charge is -2.24. The van der Waals surface area contributed by atoms with E-state index < -0.39 is 43.3 Å². The molecule has 1 aromatic heterocycles. The van der Waals surface area contributed by atoms with Crippen LogP contribution in [0.4, 0.5) is 10.8 Å². The van der Waals surface area contributed by atoms with Gasteiger partial charge in [-0.25, -0.2) is 18.2 Å². The molecule has 2 heterocycles. The maximum Gasteiger partial charge on any atom is 0.350 e. The van der Waals surface area contributed by atoms with Gasteiger partial charge in [0.1, 0.15) is 15.8 Å². The van der Waals surface area contributed by atoms with Crippen molar-refractivity contribution in [1.29, 1.82) is 0 Å². The molecule has 11 nitrogen and oxygen atoms in total. The second kappa shape index (κ2) is 9.51. The molecule has 0 saturated heterocycles. The number of carbonyl (C=O) groups excluding carboxylic acids is 2. The van der Waals surface area contributed by atoms with E-state index in [1.165, 1.54) is 49.4 Å². The number of thiazole rings is 1. The zero-order valence-corrected chi connectivity index (χ0v) is 20.6. The number of esters is 1. The van der Waals surface area contributed by atoms with Crippen LogP contribution in [0.1, 0.15) is 33.9 Å². The molecule has 1 unspecified atom stereocenters. The Kier molecular flexibility index (Phi) is 6.61. The van der Waals surface area contributed by atoms with Gasteiger partial charge in [0.2, 0.25) is 9.84 Å². The summed E-state index contributed by atoms with van der Waals surface area (Å²) in [4.78, 5) is 40.8. The lowest BCUT2D eigenvalue weighted by Crippen LogP contribution is -2.31. The van der Waals surface area contributed by atoms with Gasteiger partial charge in [0.25, 0.3) is 11.6 Å². The molecule has 0 fully saturated rings. The number of aryl methyl sites for hydroxylation is 1. The smallest absolute Gasteiger partial charge is 0.350 e. The first-order valence-corrected chi connectivity index (χ1v) is 12.8. The van der Waals surface area contributed by atoms with Gasteiger partial charge in [-0.2, -0.15) is 0 Å². The second-order valence-electron chi connectivity index (χ2n) is 7.59. The highest BCUT2D eigenvalue weighted by Crippen LogP contribution is 2.46. The van der Waals surface area contributed by atoms with Gasteiger partial charge in [-0.15, -0.1) is 0 Å². The predicted molar refractivity (Wildman–Crippen MR) is 129 cm³/mol. The number of aliphatic hydroxyl groups excluding tert-OH is 1. The molecule has 1 aliphatic rings. The highest BCUT2D eigenvalue weighted by Gasteiger charge is 2.49. The molecule has 2 aromatic carbocycles. The van der Waals surface area contributed by atoms with E-state index in [9.17, 15) is 33.2 Å². The Labute approximate surface area is 209 Å². The van der Waals surface area contributed by atoms with E-state index in [0.717, 1.165) is 22.3 Å². The van der Waals surface area contributed by atoms with Crippen LogP contribution in [0, 0.1) is 17.0 Å². The molecule has 0 spiro atoms. The number of anilines is 1. The summed E-state index contributed by atoms with van der Waals surface area (Å²) >= 11 is 0.781. The summed E-state index contributed by atoms with van der Waals surface area (Å²) in [6.45, 7) is 3.25. The van der Waals surface area contributed by atoms with E-state index in [2.05, 4.69) is 4.98 Å². The average molecular weight is 530 g/mol. The number of nitro benzene ring substituents is 1. The Hall–Kier alpha value is -4.10. The van der Waals surface area contributed by atoms with Crippen LogP contribution < -0.4 is 4.90 Å². The van der Waals surface area contributed by atoms with Crippen molar-refractivity contribution >= 4 is 43.9 Å². The van der Waals surface area contributed by atoms with Crippen LogP contribution >= 0.6 is 11.3 Å². The molecule has 4 rings (SSSR count). The van der Waals surface area contributed by atoms with Crippen molar-refractivity contribution in [1.82, 2.24) is 4.98 Å². The van der Waals surface area contributed by atoms with E-state index in [1.807, 2.05) is 0 Å². The predicted octanol–water partition coefficient (Wildman–Crippen LogP) is 3.87. The number of nitrogens with zero attached hydrogens (tertiary/aromatic N) is 3. The lowest BCUT2D eigenvalue weighted by atomic mass is 10.1. The number of aromatic nitrogens is 1. The van der Waals surface area contributed by atoms with E-state index in [-0.39, 0.29) is 38.5 Å². The van der Waals surface area contributed by atoms with Gasteiger partial charge in [0, 0.05) is 12.1 Å². The third-order valence-corrected chi connectivity index (χ3v) is 8.38. The molecule has 13 heteroatoms. The lowest BCUT2D eigenvalue weighted by molar-refractivity contribution is -0.384. The first kappa shape index (κ1) is 25.0. The number of rotatable bonds is 7. The van der Waals surface area contributed by atoms with Gasteiger partial charge in [-0.05, 0) is 31.5 Å². The normalized spacial score (nSPS) is 15.9. The molecule has 1 aliphatic heterocycles. The minimum absolute atomic E-state index is 0.0571.